The van der Waals surface area contributed by atoms with E-state index in [-0.39, 0.29) is 12.6 Å². The molecule has 0 unspecified atom stereocenters. The van der Waals surface area contributed by atoms with Crippen LogP contribution in [0.4, 0.5) is 4.79 Å². The maximum absolute atomic E-state index is 11.7. The van der Waals surface area contributed by atoms with Crippen LogP contribution in [0, 0.1) is 6.92 Å². The van der Waals surface area contributed by atoms with Crippen molar-refractivity contribution in [3.8, 4) is 5.75 Å². The second-order valence-electron chi connectivity index (χ2n) is 5.00. The first kappa shape index (κ1) is 17.2. The summed E-state index contributed by atoms with van der Waals surface area (Å²) in [5.41, 5.74) is 1.62. The fourth-order valence-electron chi connectivity index (χ4n) is 2.13. The van der Waals surface area contributed by atoms with Gasteiger partial charge < -0.3 is 20.5 Å². The number of aryl methyl sites for hydroxylation is 1. The lowest BCUT2D eigenvalue weighted by molar-refractivity contribution is 0.169. The molecule has 3 N–H and O–H groups in total. The van der Waals surface area contributed by atoms with E-state index in [1.54, 1.807) is 30.6 Å². The molecule has 0 aliphatic carbocycles. The SMILES string of the molecule is COc1ccccc1[C@H](O)CNC(=O)NCCc1csc(C)n1. The number of hydrogen-bond acceptors (Lipinski definition) is 5. The zero-order valence-electron chi connectivity index (χ0n) is 13.2. The standard InChI is InChI=1S/C16H21N3O3S/c1-11-19-12(10-23-11)7-8-17-16(21)18-9-14(20)13-5-3-4-6-15(13)22-2/h3-6,10,14,20H,7-9H2,1-2H3,(H2,17,18,21)/t14-/m1/s1. The molecule has 0 bridgehead atoms. The second-order valence-corrected chi connectivity index (χ2v) is 6.06. The average molecular weight is 335 g/mol. The molecule has 6 nitrogen and oxygen atoms in total. The third-order valence-electron chi connectivity index (χ3n) is 3.29. The number of rotatable bonds is 7. The van der Waals surface area contributed by atoms with Gasteiger partial charge in [-0.15, -0.1) is 11.3 Å². The van der Waals surface area contributed by atoms with E-state index in [4.69, 9.17) is 4.74 Å². The predicted octanol–water partition coefficient (Wildman–Crippen LogP) is 2.04. The zero-order valence-corrected chi connectivity index (χ0v) is 14.0. The molecule has 0 saturated carbocycles. The number of carbonyl (C=O) groups is 1. The van der Waals surface area contributed by atoms with Crippen LogP contribution < -0.4 is 15.4 Å². The maximum atomic E-state index is 11.7. The van der Waals surface area contributed by atoms with Gasteiger partial charge in [0.1, 0.15) is 5.75 Å². The summed E-state index contributed by atoms with van der Waals surface area (Å²) in [4.78, 5) is 16.1. The summed E-state index contributed by atoms with van der Waals surface area (Å²) in [6.45, 7) is 2.56. The van der Waals surface area contributed by atoms with E-state index in [0.717, 1.165) is 10.7 Å². The molecule has 7 heteroatoms. The lowest BCUT2D eigenvalue weighted by Gasteiger charge is -2.15. The van der Waals surface area contributed by atoms with Crippen LogP contribution in [-0.4, -0.2) is 36.3 Å². The molecule has 1 heterocycles. The van der Waals surface area contributed by atoms with E-state index < -0.39 is 6.10 Å². The normalized spacial score (nSPS) is 11.8. The Morgan fingerprint density at radius 2 is 2.17 bits per heavy atom. The first-order chi connectivity index (χ1) is 11.1. The van der Waals surface area contributed by atoms with Crippen molar-refractivity contribution in [2.75, 3.05) is 20.2 Å². The van der Waals surface area contributed by atoms with Crippen molar-refractivity contribution < 1.29 is 14.6 Å². The zero-order chi connectivity index (χ0) is 16.7. The molecule has 0 aliphatic heterocycles. The van der Waals surface area contributed by atoms with Crippen molar-refractivity contribution in [1.29, 1.82) is 0 Å². The van der Waals surface area contributed by atoms with Crippen LogP contribution in [0.15, 0.2) is 29.6 Å². The number of urea groups is 1. The van der Waals surface area contributed by atoms with Crippen LogP contribution in [0.1, 0.15) is 22.4 Å². The van der Waals surface area contributed by atoms with E-state index in [9.17, 15) is 9.90 Å². The molecule has 0 radical (unpaired) electrons. The summed E-state index contributed by atoms with van der Waals surface area (Å²) >= 11 is 1.59. The van der Waals surface area contributed by atoms with Crippen molar-refractivity contribution in [3.05, 3.63) is 45.9 Å². The third-order valence-corrected chi connectivity index (χ3v) is 4.11. The summed E-state index contributed by atoms with van der Waals surface area (Å²) < 4.78 is 5.19. The Bertz CT molecular complexity index is 645. The highest BCUT2D eigenvalue weighted by Crippen LogP contribution is 2.23. The summed E-state index contributed by atoms with van der Waals surface area (Å²) in [5.74, 6) is 0.598. The number of para-hydroxylation sites is 1. The van der Waals surface area contributed by atoms with Gasteiger partial charge in [0.25, 0.3) is 0 Å². The quantitative estimate of drug-likeness (QED) is 0.723. The number of thiazole rings is 1. The summed E-state index contributed by atoms with van der Waals surface area (Å²) in [7, 11) is 1.55. The Morgan fingerprint density at radius 1 is 1.39 bits per heavy atom. The number of aliphatic hydroxyl groups is 1. The molecule has 23 heavy (non-hydrogen) atoms. The molecule has 2 rings (SSSR count). The van der Waals surface area contributed by atoms with Gasteiger partial charge in [0.2, 0.25) is 0 Å². The Balaban J connectivity index is 1.73. The molecule has 0 saturated heterocycles. The predicted molar refractivity (Wildman–Crippen MR) is 89.9 cm³/mol. The van der Waals surface area contributed by atoms with Crippen molar-refractivity contribution in [3.63, 3.8) is 0 Å². The van der Waals surface area contributed by atoms with Gasteiger partial charge in [-0.2, -0.15) is 0 Å². The summed E-state index contributed by atoms with van der Waals surface area (Å²) in [6.07, 6.45) is -0.134. The maximum Gasteiger partial charge on any atom is 0.314 e. The highest BCUT2D eigenvalue weighted by atomic mass is 32.1. The van der Waals surface area contributed by atoms with Gasteiger partial charge >= 0.3 is 6.03 Å². The number of ether oxygens (including phenoxy) is 1. The highest BCUT2D eigenvalue weighted by molar-refractivity contribution is 7.09. The van der Waals surface area contributed by atoms with E-state index in [1.165, 1.54) is 0 Å². The number of aromatic nitrogens is 1. The second kappa shape index (κ2) is 8.50. The van der Waals surface area contributed by atoms with E-state index >= 15 is 0 Å². The molecule has 2 amide bonds. The van der Waals surface area contributed by atoms with Crippen LogP contribution in [0.3, 0.4) is 0 Å². The number of hydrogen-bond donors (Lipinski definition) is 3. The Kier molecular flexibility index (Phi) is 6.37. The fraction of sp³-hybridized carbons (Fsp3) is 0.375. The first-order valence-electron chi connectivity index (χ1n) is 7.34. The molecule has 0 fully saturated rings. The van der Waals surface area contributed by atoms with Gasteiger partial charge in [0, 0.05) is 30.5 Å². The van der Waals surface area contributed by atoms with Crippen LogP contribution in [0.5, 0.6) is 5.75 Å². The largest absolute Gasteiger partial charge is 0.496 e. The van der Waals surface area contributed by atoms with Crippen molar-refractivity contribution in [2.24, 2.45) is 0 Å². The topological polar surface area (TPSA) is 83.5 Å². The monoisotopic (exact) mass is 335 g/mol. The average Bonchev–Trinajstić information content (AvgIpc) is 2.98. The smallest absolute Gasteiger partial charge is 0.314 e. The molecular weight excluding hydrogens is 314 g/mol. The minimum Gasteiger partial charge on any atom is -0.496 e. The summed E-state index contributed by atoms with van der Waals surface area (Å²) in [6, 6.07) is 6.87. The number of benzene rings is 1. The van der Waals surface area contributed by atoms with Gasteiger partial charge in [-0.1, -0.05) is 18.2 Å². The van der Waals surface area contributed by atoms with Crippen molar-refractivity contribution >= 4 is 17.4 Å². The molecular formula is C16H21N3O3S. The number of carbonyl (C=O) groups excluding carboxylic acids is 1. The molecule has 2 aromatic rings. The number of nitrogens with zero attached hydrogens (tertiary/aromatic N) is 1. The van der Waals surface area contributed by atoms with Crippen LogP contribution >= 0.6 is 11.3 Å². The van der Waals surface area contributed by atoms with Crippen LogP contribution in [-0.2, 0) is 6.42 Å². The van der Waals surface area contributed by atoms with Crippen molar-refractivity contribution in [2.45, 2.75) is 19.4 Å². The molecule has 1 atom stereocenters. The van der Waals surface area contributed by atoms with Gasteiger partial charge in [-0.25, -0.2) is 9.78 Å². The Morgan fingerprint density at radius 3 is 2.87 bits per heavy atom. The molecule has 0 aliphatic rings. The van der Waals surface area contributed by atoms with Gasteiger partial charge in [-0.3, -0.25) is 0 Å². The number of aliphatic hydroxyl groups excluding tert-OH is 1. The minimum absolute atomic E-state index is 0.113. The van der Waals surface area contributed by atoms with Crippen LogP contribution in [0.25, 0.3) is 0 Å². The molecule has 124 valence electrons. The Labute approximate surface area is 139 Å². The van der Waals surface area contributed by atoms with E-state index in [0.29, 0.717) is 24.3 Å². The summed E-state index contributed by atoms with van der Waals surface area (Å²) in [5, 5.41) is 18.6. The fourth-order valence-corrected chi connectivity index (χ4v) is 2.78. The highest BCUT2D eigenvalue weighted by Gasteiger charge is 2.13. The number of methoxy groups -OCH3 is 1. The molecule has 1 aromatic heterocycles. The third kappa shape index (κ3) is 5.22. The van der Waals surface area contributed by atoms with Gasteiger partial charge in [0.05, 0.1) is 23.9 Å². The minimum atomic E-state index is -0.821. The molecule has 1 aromatic carbocycles. The van der Waals surface area contributed by atoms with Gasteiger partial charge in [-0.05, 0) is 13.0 Å². The van der Waals surface area contributed by atoms with Crippen molar-refractivity contribution in [1.82, 2.24) is 15.6 Å². The Hall–Kier alpha value is -2.12. The molecule has 0 spiro atoms. The van der Waals surface area contributed by atoms with Gasteiger partial charge in [0.15, 0.2) is 0 Å². The lowest BCUT2D eigenvalue weighted by Crippen LogP contribution is -2.38. The number of nitrogens with one attached hydrogen (secondary N) is 2. The van der Waals surface area contributed by atoms with E-state index in [2.05, 4.69) is 15.6 Å². The number of amides is 2. The lowest BCUT2D eigenvalue weighted by atomic mass is 10.1. The first-order valence-corrected chi connectivity index (χ1v) is 8.21. The van der Waals surface area contributed by atoms with Crippen LogP contribution in [0.2, 0.25) is 0 Å². The van der Waals surface area contributed by atoms with E-state index in [1.807, 2.05) is 24.4 Å².